The first kappa shape index (κ1) is 31.0. The summed E-state index contributed by atoms with van der Waals surface area (Å²) < 4.78 is 31.7. The van der Waals surface area contributed by atoms with E-state index >= 15 is 0 Å². The maximum Gasteiger partial charge on any atom is 0.490 e. The Kier molecular flexibility index (Phi) is 10.9. The Morgan fingerprint density at radius 1 is 1.02 bits per heavy atom. The van der Waals surface area contributed by atoms with Crippen LogP contribution < -0.4 is 16.4 Å². The maximum absolute atomic E-state index is 12.8. The molecule has 6 N–H and O–H groups in total. The molecule has 0 fully saturated rings. The molecule has 40 heavy (non-hydrogen) atoms. The molecule has 1 atom stereocenters. The minimum absolute atomic E-state index is 0.0572. The van der Waals surface area contributed by atoms with Crippen LogP contribution in [0.4, 0.5) is 13.2 Å². The van der Waals surface area contributed by atoms with E-state index in [0.29, 0.717) is 17.7 Å². The number of amidine groups is 1. The van der Waals surface area contributed by atoms with E-state index in [-0.39, 0.29) is 24.1 Å². The van der Waals surface area contributed by atoms with Crippen molar-refractivity contribution in [3.05, 3.63) is 95.1 Å². The summed E-state index contributed by atoms with van der Waals surface area (Å²) in [4.78, 5) is 33.4. The van der Waals surface area contributed by atoms with Crippen molar-refractivity contribution in [2.45, 2.75) is 32.1 Å². The van der Waals surface area contributed by atoms with Crippen molar-refractivity contribution in [3.8, 4) is 17.2 Å². The van der Waals surface area contributed by atoms with Gasteiger partial charge in [0, 0.05) is 25.5 Å². The number of alkyl halides is 3. The highest BCUT2D eigenvalue weighted by Crippen LogP contribution is 2.23. The van der Waals surface area contributed by atoms with Gasteiger partial charge in [0.1, 0.15) is 11.9 Å². The molecule has 0 unspecified atom stereocenters. The number of carboxylic acid groups (broad SMARTS) is 1. The second-order valence-electron chi connectivity index (χ2n) is 8.45. The second-order valence-corrected chi connectivity index (χ2v) is 8.45. The Balaban J connectivity index is 0.000000708. The van der Waals surface area contributed by atoms with Crippen LogP contribution in [0.1, 0.15) is 29.2 Å². The molecule has 0 heterocycles. The molecule has 2 amide bonds. The van der Waals surface area contributed by atoms with E-state index in [9.17, 15) is 28.0 Å². The van der Waals surface area contributed by atoms with E-state index in [1.807, 2.05) is 48.5 Å². The molecule has 0 spiro atoms. The molecule has 0 bridgehead atoms. The van der Waals surface area contributed by atoms with Gasteiger partial charge >= 0.3 is 12.1 Å². The number of nitrogen functional groups attached to an aromatic ring is 1. The monoisotopic (exact) mass is 553 g/mol. The zero-order chi connectivity index (χ0) is 29.9. The van der Waals surface area contributed by atoms with Crippen LogP contribution in [0.2, 0.25) is 0 Å². The van der Waals surface area contributed by atoms with Gasteiger partial charge in [-0.3, -0.25) is 15.0 Å². The lowest BCUT2D eigenvalue weighted by molar-refractivity contribution is -0.192. The number of nitrogens with two attached hydrogens (primary N) is 1. The first-order valence-corrected chi connectivity index (χ1v) is 11.7. The number of nitrogens with zero attached hydrogens (tertiary/aromatic N) is 1. The van der Waals surface area contributed by atoms with Crippen molar-refractivity contribution in [2.24, 2.45) is 5.73 Å². The summed E-state index contributed by atoms with van der Waals surface area (Å²) in [5.74, 6) is -3.43. The van der Waals surface area contributed by atoms with Crippen LogP contribution in [-0.2, 0) is 27.3 Å². The molecule has 208 valence electrons. The Bertz CT molecular complexity index is 1420. The van der Waals surface area contributed by atoms with Crippen molar-refractivity contribution in [1.82, 2.24) is 10.6 Å². The topological polar surface area (TPSA) is 169 Å². The van der Waals surface area contributed by atoms with Crippen LogP contribution >= 0.6 is 0 Å². The molecule has 3 aromatic rings. The number of rotatable bonds is 8. The van der Waals surface area contributed by atoms with Crippen LogP contribution in [0.25, 0.3) is 11.1 Å². The van der Waals surface area contributed by atoms with Gasteiger partial charge in [0.25, 0.3) is 0 Å². The summed E-state index contributed by atoms with van der Waals surface area (Å²) in [6.45, 7) is 1.66. The Labute approximate surface area is 227 Å². The molecule has 0 radical (unpaired) electrons. The van der Waals surface area contributed by atoms with Crippen LogP contribution in [-0.4, -0.2) is 40.9 Å². The average molecular weight is 554 g/mol. The van der Waals surface area contributed by atoms with Gasteiger partial charge in [0.15, 0.2) is 0 Å². The van der Waals surface area contributed by atoms with E-state index in [4.69, 9.17) is 21.0 Å². The fraction of sp³-hybridized carbons (Fsp3) is 0.179. The number of aliphatic carboxylic acids is 1. The summed E-state index contributed by atoms with van der Waals surface area (Å²) in [6.07, 6.45) is -4.81. The zero-order valence-electron chi connectivity index (χ0n) is 21.3. The van der Waals surface area contributed by atoms with Gasteiger partial charge in [0.2, 0.25) is 11.8 Å². The van der Waals surface area contributed by atoms with Gasteiger partial charge in [-0.25, -0.2) is 4.79 Å². The number of carbonyl (C=O) groups is 3. The van der Waals surface area contributed by atoms with Gasteiger partial charge in [0.05, 0.1) is 11.6 Å². The van der Waals surface area contributed by atoms with E-state index in [0.717, 1.165) is 22.3 Å². The maximum atomic E-state index is 12.8. The van der Waals surface area contributed by atoms with Gasteiger partial charge < -0.3 is 21.5 Å². The molecule has 0 aliphatic rings. The highest BCUT2D eigenvalue weighted by molar-refractivity contribution is 5.95. The fourth-order valence-electron chi connectivity index (χ4n) is 3.50. The summed E-state index contributed by atoms with van der Waals surface area (Å²) in [6, 6.07) is 23.5. The van der Waals surface area contributed by atoms with Gasteiger partial charge in [-0.1, -0.05) is 60.7 Å². The molecule has 0 aliphatic heterocycles. The SMILES string of the molecule is CC(=O)N[C@@H](Cc1cccc(C(=N)N)c1)C(=O)NCc1ccc(-c2ccccc2C#N)cc1.O=C(O)C(F)(F)F. The fourth-order valence-corrected chi connectivity index (χ4v) is 3.50. The number of amides is 2. The molecule has 0 aliphatic carbocycles. The quantitative estimate of drug-likeness (QED) is 0.211. The molecule has 12 heteroatoms. The smallest absolute Gasteiger partial charge is 0.475 e. The molecule has 3 rings (SSSR count). The highest BCUT2D eigenvalue weighted by atomic mass is 19.4. The molecule has 0 aromatic heterocycles. The minimum atomic E-state index is -5.08. The molecular weight excluding hydrogens is 527 g/mol. The van der Waals surface area contributed by atoms with E-state index in [1.165, 1.54) is 6.92 Å². The standard InChI is InChI=1S/C26H25N5O2.C2HF3O2/c1-17(32)31-24(14-19-5-4-7-21(13-19)25(28)29)26(33)30-16-18-9-11-20(12-10-18)23-8-3-2-6-22(23)15-27;3-2(4,5)1(6)7/h2-13,24H,14,16H2,1H3,(H3,28,29)(H,30,33)(H,31,32);(H,6,7)/t24-;/m0./s1. The van der Waals surface area contributed by atoms with Crippen molar-refractivity contribution >= 4 is 23.6 Å². The molecule has 9 nitrogen and oxygen atoms in total. The van der Waals surface area contributed by atoms with Crippen LogP contribution in [0.5, 0.6) is 0 Å². The van der Waals surface area contributed by atoms with Gasteiger partial charge in [-0.2, -0.15) is 18.4 Å². The number of carbonyl (C=O) groups excluding carboxylic acids is 2. The highest BCUT2D eigenvalue weighted by Gasteiger charge is 2.38. The number of hydrogen-bond donors (Lipinski definition) is 5. The van der Waals surface area contributed by atoms with Crippen LogP contribution in [0, 0.1) is 16.7 Å². The third-order valence-electron chi connectivity index (χ3n) is 5.39. The van der Waals surface area contributed by atoms with Crippen LogP contribution in [0.3, 0.4) is 0 Å². The summed E-state index contributed by atoms with van der Waals surface area (Å²) >= 11 is 0. The first-order valence-electron chi connectivity index (χ1n) is 11.7. The Morgan fingerprint density at radius 2 is 1.65 bits per heavy atom. The number of nitrogens with one attached hydrogen (secondary N) is 3. The lowest BCUT2D eigenvalue weighted by Crippen LogP contribution is -2.47. The van der Waals surface area contributed by atoms with Crippen molar-refractivity contribution < 1.29 is 32.7 Å². The Morgan fingerprint density at radius 3 is 2.20 bits per heavy atom. The van der Waals surface area contributed by atoms with Gasteiger partial charge in [-0.05, 0) is 34.4 Å². The lowest BCUT2D eigenvalue weighted by Gasteiger charge is -2.18. The van der Waals surface area contributed by atoms with E-state index in [2.05, 4.69) is 16.7 Å². The normalized spacial score (nSPS) is 11.2. The number of halogens is 3. The second kappa shape index (κ2) is 14.1. The van der Waals surface area contributed by atoms with Crippen LogP contribution in [0.15, 0.2) is 72.8 Å². The minimum Gasteiger partial charge on any atom is -0.475 e. The van der Waals surface area contributed by atoms with Crippen molar-refractivity contribution in [2.75, 3.05) is 0 Å². The van der Waals surface area contributed by atoms with E-state index < -0.39 is 18.2 Å². The third kappa shape index (κ3) is 9.60. The van der Waals surface area contributed by atoms with Crippen molar-refractivity contribution in [1.29, 1.82) is 10.7 Å². The molecule has 0 saturated carbocycles. The average Bonchev–Trinajstić information content (AvgIpc) is 2.91. The summed E-state index contributed by atoms with van der Waals surface area (Å²) in [5, 5.41) is 29.6. The molecule has 0 saturated heterocycles. The summed E-state index contributed by atoms with van der Waals surface area (Å²) in [5.41, 5.74) is 10.2. The predicted octanol–water partition coefficient (Wildman–Crippen LogP) is 3.51. The Hall–Kier alpha value is -5.18. The number of hydrogen-bond acceptors (Lipinski definition) is 5. The third-order valence-corrected chi connectivity index (χ3v) is 5.39. The zero-order valence-corrected chi connectivity index (χ0v) is 21.3. The van der Waals surface area contributed by atoms with Crippen molar-refractivity contribution in [3.63, 3.8) is 0 Å². The number of nitriles is 1. The summed E-state index contributed by atoms with van der Waals surface area (Å²) in [7, 11) is 0. The first-order chi connectivity index (χ1) is 18.8. The lowest BCUT2D eigenvalue weighted by atomic mass is 9.99. The predicted molar refractivity (Wildman–Crippen MR) is 141 cm³/mol. The van der Waals surface area contributed by atoms with E-state index in [1.54, 1.807) is 24.3 Å². The molecule has 3 aromatic carbocycles. The largest absolute Gasteiger partial charge is 0.490 e. The molecular formula is C28H26F3N5O4. The number of carboxylic acids is 1. The van der Waals surface area contributed by atoms with Gasteiger partial charge in [-0.15, -0.1) is 0 Å². The number of benzene rings is 3.